The SMILES string of the molecule is CC(=O)SC1CN(C(=O)CSc2ccncc2)C1. The molecule has 0 atom stereocenters. The lowest BCUT2D eigenvalue weighted by Crippen LogP contribution is -2.53. The van der Waals surface area contributed by atoms with Gasteiger partial charge in [0, 0.05) is 42.6 Å². The maximum atomic E-state index is 11.8. The number of nitrogens with zero attached hydrogens (tertiary/aromatic N) is 2. The standard InChI is InChI=1S/C12H14N2O2S2/c1-9(15)18-11-6-14(7-11)12(16)8-17-10-2-4-13-5-3-10/h2-5,11H,6-8H2,1H3. The molecule has 2 rings (SSSR count). The number of carbonyl (C=O) groups excluding carboxylic acids is 2. The third-order valence-electron chi connectivity index (χ3n) is 2.55. The smallest absolute Gasteiger partial charge is 0.233 e. The summed E-state index contributed by atoms with van der Waals surface area (Å²) in [6, 6.07) is 3.78. The monoisotopic (exact) mass is 282 g/mol. The molecule has 1 aliphatic heterocycles. The van der Waals surface area contributed by atoms with E-state index < -0.39 is 0 Å². The van der Waals surface area contributed by atoms with Crippen molar-refractivity contribution in [3.63, 3.8) is 0 Å². The first-order chi connectivity index (χ1) is 8.65. The van der Waals surface area contributed by atoms with Crippen LogP contribution < -0.4 is 0 Å². The second kappa shape index (κ2) is 6.24. The van der Waals surface area contributed by atoms with E-state index in [-0.39, 0.29) is 16.3 Å². The Morgan fingerprint density at radius 3 is 2.67 bits per heavy atom. The molecule has 4 nitrogen and oxygen atoms in total. The van der Waals surface area contributed by atoms with Crippen molar-refractivity contribution in [2.45, 2.75) is 17.1 Å². The van der Waals surface area contributed by atoms with E-state index >= 15 is 0 Å². The molecule has 0 aromatic carbocycles. The molecule has 1 aliphatic rings. The predicted octanol–water partition coefficient (Wildman–Crippen LogP) is 1.66. The molecule has 0 spiro atoms. The first-order valence-electron chi connectivity index (χ1n) is 5.63. The molecular formula is C12H14N2O2S2. The number of carbonyl (C=O) groups is 2. The molecule has 1 aromatic heterocycles. The molecule has 96 valence electrons. The van der Waals surface area contributed by atoms with Crippen molar-refractivity contribution >= 4 is 34.5 Å². The number of rotatable bonds is 4. The largest absolute Gasteiger partial charge is 0.340 e. The normalized spacial score (nSPS) is 15.3. The summed E-state index contributed by atoms with van der Waals surface area (Å²) in [4.78, 5) is 29.5. The molecular weight excluding hydrogens is 268 g/mol. The van der Waals surface area contributed by atoms with Crippen molar-refractivity contribution in [1.82, 2.24) is 9.88 Å². The summed E-state index contributed by atoms with van der Waals surface area (Å²) in [5.74, 6) is 0.582. The predicted molar refractivity (Wildman–Crippen MR) is 73.6 cm³/mol. The van der Waals surface area contributed by atoms with Crippen molar-refractivity contribution < 1.29 is 9.59 Å². The minimum Gasteiger partial charge on any atom is -0.340 e. The van der Waals surface area contributed by atoms with Crippen molar-refractivity contribution in [1.29, 1.82) is 0 Å². The molecule has 0 bridgehead atoms. The van der Waals surface area contributed by atoms with Crippen LogP contribution in [0.4, 0.5) is 0 Å². The van der Waals surface area contributed by atoms with Crippen LogP contribution >= 0.6 is 23.5 Å². The van der Waals surface area contributed by atoms with Gasteiger partial charge in [-0.1, -0.05) is 11.8 Å². The van der Waals surface area contributed by atoms with Crippen LogP contribution in [-0.2, 0) is 9.59 Å². The van der Waals surface area contributed by atoms with Gasteiger partial charge in [-0.3, -0.25) is 14.6 Å². The number of hydrogen-bond acceptors (Lipinski definition) is 5. The molecule has 2 heterocycles. The molecule has 0 N–H and O–H groups in total. The van der Waals surface area contributed by atoms with Crippen LogP contribution in [0.15, 0.2) is 29.4 Å². The molecule has 6 heteroatoms. The fourth-order valence-corrected chi connectivity index (χ4v) is 3.39. The highest BCUT2D eigenvalue weighted by atomic mass is 32.2. The van der Waals surface area contributed by atoms with Gasteiger partial charge < -0.3 is 4.90 Å². The zero-order valence-corrected chi connectivity index (χ0v) is 11.7. The summed E-state index contributed by atoms with van der Waals surface area (Å²) in [6.07, 6.45) is 3.44. The lowest BCUT2D eigenvalue weighted by molar-refractivity contribution is -0.131. The van der Waals surface area contributed by atoms with Crippen molar-refractivity contribution in [2.75, 3.05) is 18.8 Å². The van der Waals surface area contributed by atoms with Crippen LogP contribution in [0, 0.1) is 0 Å². The maximum absolute atomic E-state index is 11.8. The molecule has 0 saturated carbocycles. The molecule has 0 unspecified atom stereocenters. The molecule has 1 saturated heterocycles. The summed E-state index contributed by atoms with van der Waals surface area (Å²) >= 11 is 2.85. The van der Waals surface area contributed by atoms with Gasteiger partial charge in [-0.15, -0.1) is 11.8 Å². The highest BCUT2D eigenvalue weighted by molar-refractivity contribution is 8.14. The van der Waals surface area contributed by atoms with E-state index in [9.17, 15) is 9.59 Å². The summed E-state index contributed by atoms with van der Waals surface area (Å²) < 4.78 is 0. The second-order valence-electron chi connectivity index (χ2n) is 4.00. The number of likely N-dealkylation sites (tertiary alicyclic amines) is 1. The second-order valence-corrected chi connectivity index (χ2v) is 6.53. The van der Waals surface area contributed by atoms with Crippen LogP contribution in [0.25, 0.3) is 0 Å². The Labute approximate surface area is 115 Å². The Hall–Kier alpha value is -1.01. The highest BCUT2D eigenvalue weighted by Gasteiger charge is 2.31. The van der Waals surface area contributed by atoms with Crippen LogP contribution in [0.1, 0.15) is 6.92 Å². The average Bonchev–Trinajstić information content (AvgIpc) is 2.31. The van der Waals surface area contributed by atoms with Gasteiger partial charge in [0.2, 0.25) is 5.91 Å². The lowest BCUT2D eigenvalue weighted by Gasteiger charge is -2.38. The number of amides is 1. The zero-order valence-electron chi connectivity index (χ0n) is 10.0. The fourth-order valence-electron chi connectivity index (χ4n) is 1.62. The summed E-state index contributed by atoms with van der Waals surface area (Å²) in [7, 11) is 0. The van der Waals surface area contributed by atoms with E-state index in [4.69, 9.17) is 0 Å². The van der Waals surface area contributed by atoms with E-state index in [2.05, 4.69) is 4.98 Å². The Morgan fingerprint density at radius 2 is 2.06 bits per heavy atom. The van der Waals surface area contributed by atoms with Crippen LogP contribution in [0.2, 0.25) is 0 Å². The summed E-state index contributed by atoms with van der Waals surface area (Å²) in [6.45, 7) is 2.95. The van der Waals surface area contributed by atoms with Crippen molar-refractivity contribution in [3.8, 4) is 0 Å². The van der Waals surface area contributed by atoms with Crippen LogP contribution in [0.5, 0.6) is 0 Å². The lowest BCUT2D eigenvalue weighted by atomic mass is 10.2. The topological polar surface area (TPSA) is 50.3 Å². The Bertz CT molecular complexity index is 433. The third kappa shape index (κ3) is 3.74. The first-order valence-corrected chi connectivity index (χ1v) is 7.49. The van der Waals surface area contributed by atoms with E-state index in [1.165, 1.54) is 23.5 Å². The van der Waals surface area contributed by atoms with Gasteiger partial charge in [-0.2, -0.15) is 0 Å². The van der Waals surface area contributed by atoms with E-state index in [1.807, 2.05) is 12.1 Å². The molecule has 0 radical (unpaired) electrons. The minimum absolute atomic E-state index is 0.123. The van der Waals surface area contributed by atoms with Gasteiger partial charge in [0.25, 0.3) is 0 Å². The van der Waals surface area contributed by atoms with E-state index in [1.54, 1.807) is 24.2 Å². The van der Waals surface area contributed by atoms with Gasteiger partial charge in [-0.05, 0) is 12.1 Å². The number of hydrogen-bond donors (Lipinski definition) is 0. The Morgan fingerprint density at radius 1 is 1.39 bits per heavy atom. The van der Waals surface area contributed by atoms with Crippen molar-refractivity contribution in [2.24, 2.45) is 0 Å². The average molecular weight is 282 g/mol. The maximum Gasteiger partial charge on any atom is 0.233 e. The minimum atomic E-state index is 0.123. The molecule has 18 heavy (non-hydrogen) atoms. The summed E-state index contributed by atoms with van der Waals surface area (Å²) in [5.41, 5.74) is 0. The number of thioether (sulfide) groups is 2. The third-order valence-corrected chi connectivity index (χ3v) is 4.51. The van der Waals surface area contributed by atoms with E-state index in [0.717, 1.165) is 4.90 Å². The van der Waals surface area contributed by atoms with Gasteiger partial charge in [0.05, 0.1) is 5.75 Å². The molecule has 1 fully saturated rings. The van der Waals surface area contributed by atoms with E-state index in [0.29, 0.717) is 18.8 Å². The highest BCUT2D eigenvalue weighted by Crippen LogP contribution is 2.24. The van der Waals surface area contributed by atoms with Crippen molar-refractivity contribution in [3.05, 3.63) is 24.5 Å². The van der Waals surface area contributed by atoms with Gasteiger partial charge >= 0.3 is 0 Å². The number of aromatic nitrogens is 1. The Kier molecular flexibility index (Phi) is 4.66. The number of pyridine rings is 1. The quantitative estimate of drug-likeness (QED) is 0.786. The molecule has 1 amide bonds. The zero-order chi connectivity index (χ0) is 13.0. The molecule has 0 aliphatic carbocycles. The Balaban J connectivity index is 1.70. The molecule has 1 aromatic rings. The van der Waals surface area contributed by atoms with Crippen LogP contribution in [-0.4, -0.2) is 45.0 Å². The van der Waals surface area contributed by atoms with Gasteiger partial charge in [-0.25, -0.2) is 0 Å². The summed E-state index contributed by atoms with van der Waals surface area (Å²) in [5, 5.41) is 0.413. The van der Waals surface area contributed by atoms with Crippen LogP contribution in [0.3, 0.4) is 0 Å². The van der Waals surface area contributed by atoms with Gasteiger partial charge in [0.15, 0.2) is 5.12 Å². The van der Waals surface area contributed by atoms with Gasteiger partial charge in [0.1, 0.15) is 0 Å². The first kappa shape index (κ1) is 13.4. The fraction of sp³-hybridized carbons (Fsp3) is 0.417.